The number of nitrogens with one attached hydrogen (secondary N) is 1. The van der Waals surface area contributed by atoms with E-state index in [2.05, 4.69) is 5.32 Å². The fraction of sp³-hybridized carbons (Fsp3) is 0.214. The maximum atomic E-state index is 12.6. The van der Waals surface area contributed by atoms with Crippen molar-refractivity contribution in [3.63, 3.8) is 0 Å². The molecule has 8 heteroatoms. The fourth-order valence-corrected chi connectivity index (χ4v) is 4.28. The molecule has 0 fully saturated rings. The summed E-state index contributed by atoms with van der Waals surface area (Å²) in [6.07, 6.45) is -1.58. The van der Waals surface area contributed by atoms with Crippen LogP contribution in [0.5, 0.6) is 0 Å². The van der Waals surface area contributed by atoms with Crippen LogP contribution in [0.25, 0.3) is 11.1 Å². The normalized spacial score (nSPS) is 12.7. The van der Waals surface area contributed by atoms with Gasteiger partial charge < -0.3 is 19.9 Å². The number of aliphatic carboxylic acids is 1. The average Bonchev–Trinajstić information content (AvgIpc) is 3.19. The Hall–Kier alpha value is -4.46. The van der Waals surface area contributed by atoms with Crippen LogP contribution in [0, 0.1) is 0 Å². The van der Waals surface area contributed by atoms with E-state index in [0.29, 0.717) is 0 Å². The molecular weight excluding hydrogens is 462 g/mol. The van der Waals surface area contributed by atoms with Gasteiger partial charge in [-0.2, -0.15) is 0 Å². The molecule has 1 amide bonds. The predicted octanol–water partition coefficient (Wildman–Crippen LogP) is 4.07. The average molecular weight is 488 g/mol. The van der Waals surface area contributed by atoms with Gasteiger partial charge in [0, 0.05) is 5.92 Å². The molecule has 184 valence electrons. The van der Waals surface area contributed by atoms with Crippen LogP contribution in [0.4, 0.5) is 4.79 Å². The van der Waals surface area contributed by atoms with Crippen LogP contribution >= 0.6 is 0 Å². The van der Waals surface area contributed by atoms with Gasteiger partial charge in [-0.15, -0.1) is 0 Å². The van der Waals surface area contributed by atoms with E-state index < -0.39 is 42.9 Å². The van der Waals surface area contributed by atoms with Gasteiger partial charge in [0.25, 0.3) is 0 Å². The molecule has 1 unspecified atom stereocenters. The highest BCUT2D eigenvalue weighted by atomic mass is 16.5. The van der Waals surface area contributed by atoms with Crippen LogP contribution in [0.2, 0.25) is 0 Å². The number of carboxylic acid groups (broad SMARTS) is 1. The summed E-state index contributed by atoms with van der Waals surface area (Å²) in [4.78, 5) is 48.6. The van der Waals surface area contributed by atoms with Crippen molar-refractivity contribution in [3.8, 4) is 11.1 Å². The van der Waals surface area contributed by atoms with E-state index in [1.807, 2.05) is 54.6 Å². The van der Waals surface area contributed by atoms with Crippen LogP contribution in [0.3, 0.4) is 0 Å². The number of alkyl carbamates (subject to hydrolysis) is 1. The smallest absolute Gasteiger partial charge is 0.408 e. The number of carbonyl (C=O) groups excluding carboxylic acids is 3. The number of benzene rings is 3. The van der Waals surface area contributed by atoms with Gasteiger partial charge in [-0.25, -0.2) is 4.79 Å². The van der Waals surface area contributed by atoms with Gasteiger partial charge in [0.05, 0.1) is 12.8 Å². The minimum atomic E-state index is -1.40. The van der Waals surface area contributed by atoms with Crippen LogP contribution in [0.15, 0.2) is 78.9 Å². The first kappa shape index (κ1) is 24.7. The van der Waals surface area contributed by atoms with Crippen molar-refractivity contribution in [2.45, 2.75) is 31.4 Å². The Morgan fingerprint density at radius 1 is 0.806 bits per heavy atom. The van der Waals surface area contributed by atoms with E-state index in [1.54, 1.807) is 24.3 Å². The highest BCUT2D eigenvalue weighted by Crippen LogP contribution is 2.46. The Morgan fingerprint density at radius 2 is 1.39 bits per heavy atom. The highest BCUT2D eigenvalue weighted by molar-refractivity contribution is 5.92. The predicted molar refractivity (Wildman–Crippen MR) is 130 cm³/mol. The molecule has 0 saturated heterocycles. The van der Waals surface area contributed by atoms with Gasteiger partial charge in [0.2, 0.25) is 0 Å². The number of ketones is 1. The Labute approximate surface area is 207 Å². The number of ether oxygens (including phenoxy) is 2. The zero-order valence-corrected chi connectivity index (χ0v) is 19.4. The standard InChI is InChI=1S/C28H25NO7/c30-25(24(15-26(31)32)29-28(34)36-16-18-8-2-1-3-9-18)17-35-27(33)14-23-21-12-6-4-10-19(21)20-11-5-7-13-22(20)23/h1-13,23-24H,14-17H2,(H,29,34)(H,31,32). The molecule has 0 aliphatic heterocycles. The van der Waals surface area contributed by atoms with Gasteiger partial charge in [0.15, 0.2) is 12.4 Å². The fourth-order valence-electron chi connectivity index (χ4n) is 4.28. The number of amides is 1. The van der Waals surface area contributed by atoms with Crippen molar-refractivity contribution in [2.75, 3.05) is 6.61 Å². The van der Waals surface area contributed by atoms with Crippen LogP contribution in [0.1, 0.15) is 35.4 Å². The van der Waals surface area contributed by atoms with Crippen molar-refractivity contribution in [1.82, 2.24) is 5.32 Å². The molecule has 2 N–H and O–H groups in total. The molecule has 1 aliphatic carbocycles. The highest BCUT2D eigenvalue weighted by Gasteiger charge is 2.31. The van der Waals surface area contributed by atoms with Crippen molar-refractivity contribution in [2.24, 2.45) is 0 Å². The number of fused-ring (bicyclic) bond motifs is 3. The summed E-state index contributed by atoms with van der Waals surface area (Å²) in [5.41, 5.74) is 4.86. The Morgan fingerprint density at radius 3 is 2.00 bits per heavy atom. The first-order chi connectivity index (χ1) is 17.4. The molecule has 0 radical (unpaired) electrons. The Kier molecular flexibility index (Phi) is 7.75. The zero-order chi connectivity index (χ0) is 25.5. The monoisotopic (exact) mass is 487 g/mol. The molecule has 4 rings (SSSR count). The lowest BCUT2D eigenvalue weighted by molar-refractivity contribution is -0.149. The molecule has 0 bridgehead atoms. The molecule has 0 spiro atoms. The number of hydrogen-bond acceptors (Lipinski definition) is 6. The Bertz CT molecular complexity index is 1230. The third kappa shape index (κ3) is 5.96. The molecule has 3 aromatic rings. The maximum Gasteiger partial charge on any atom is 0.408 e. The third-order valence-electron chi connectivity index (χ3n) is 5.98. The van der Waals surface area contributed by atoms with E-state index in [0.717, 1.165) is 27.8 Å². The van der Waals surface area contributed by atoms with E-state index in [1.165, 1.54) is 0 Å². The third-order valence-corrected chi connectivity index (χ3v) is 5.98. The van der Waals surface area contributed by atoms with E-state index in [9.17, 15) is 19.2 Å². The quantitative estimate of drug-likeness (QED) is 0.414. The van der Waals surface area contributed by atoms with E-state index in [4.69, 9.17) is 14.6 Å². The van der Waals surface area contributed by atoms with Crippen molar-refractivity contribution >= 4 is 23.8 Å². The summed E-state index contributed by atoms with van der Waals surface area (Å²) < 4.78 is 10.3. The number of Topliss-reactive ketones (excluding diaryl/α,β-unsaturated/α-hetero) is 1. The minimum absolute atomic E-state index is 0.0252. The number of carboxylic acids is 1. The lowest BCUT2D eigenvalue weighted by Gasteiger charge is -2.17. The second-order valence-electron chi connectivity index (χ2n) is 8.41. The lowest BCUT2D eigenvalue weighted by Crippen LogP contribution is -2.44. The largest absolute Gasteiger partial charge is 0.481 e. The molecule has 36 heavy (non-hydrogen) atoms. The second-order valence-corrected chi connectivity index (χ2v) is 8.41. The molecule has 1 aliphatic rings. The number of esters is 1. The number of rotatable bonds is 10. The molecule has 0 aromatic heterocycles. The first-order valence-corrected chi connectivity index (χ1v) is 11.5. The molecular formula is C28H25NO7. The molecule has 1 atom stereocenters. The maximum absolute atomic E-state index is 12.6. The van der Waals surface area contributed by atoms with E-state index in [-0.39, 0.29) is 18.9 Å². The van der Waals surface area contributed by atoms with Crippen molar-refractivity contribution in [3.05, 3.63) is 95.6 Å². The molecule has 8 nitrogen and oxygen atoms in total. The van der Waals surface area contributed by atoms with Gasteiger partial charge in [0.1, 0.15) is 12.6 Å². The van der Waals surface area contributed by atoms with Crippen molar-refractivity contribution < 1.29 is 33.8 Å². The summed E-state index contributed by atoms with van der Waals surface area (Å²) in [6, 6.07) is 23.1. The molecule has 3 aromatic carbocycles. The zero-order valence-electron chi connectivity index (χ0n) is 19.4. The number of carbonyl (C=O) groups is 4. The van der Waals surface area contributed by atoms with Crippen molar-refractivity contribution in [1.29, 1.82) is 0 Å². The lowest BCUT2D eigenvalue weighted by atomic mass is 9.94. The SMILES string of the molecule is O=C(O)CC(NC(=O)OCc1ccccc1)C(=O)COC(=O)CC1c2ccccc2-c2ccccc21. The summed E-state index contributed by atoms with van der Waals surface area (Å²) >= 11 is 0. The summed E-state index contributed by atoms with van der Waals surface area (Å²) in [5, 5.41) is 11.4. The first-order valence-electron chi connectivity index (χ1n) is 11.5. The molecule has 0 heterocycles. The van der Waals surface area contributed by atoms with Crippen LogP contribution < -0.4 is 5.32 Å². The minimum Gasteiger partial charge on any atom is -0.481 e. The summed E-state index contributed by atoms with van der Waals surface area (Å²) in [6.45, 7) is -0.703. The van der Waals surface area contributed by atoms with Gasteiger partial charge >= 0.3 is 18.0 Å². The van der Waals surface area contributed by atoms with E-state index >= 15 is 0 Å². The Balaban J connectivity index is 1.33. The van der Waals surface area contributed by atoms with Gasteiger partial charge in [-0.05, 0) is 27.8 Å². The summed E-state index contributed by atoms with van der Waals surface area (Å²) in [7, 11) is 0. The van der Waals surface area contributed by atoms with Crippen LogP contribution in [-0.4, -0.2) is 41.6 Å². The number of hydrogen-bond donors (Lipinski definition) is 2. The topological polar surface area (TPSA) is 119 Å². The summed E-state index contributed by atoms with van der Waals surface area (Å²) in [5.74, 6) is -2.83. The van der Waals surface area contributed by atoms with Crippen LogP contribution in [-0.2, 0) is 30.5 Å². The van der Waals surface area contributed by atoms with Gasteiger partial charge in [-0.3, -0.25) is 14.4 Å². The molecule has 0 saturated carbocycles. The van der Waals surface area contributed by atoms with Gasteiger partial charge in [-0.1, -0.05) is 78.9 Å². The second kappa shape index (κ2) is 11.3.